The summed E-state index contributed by atoms with van der Waals surface area (Å²) in [6.45, 7) is 3.14. The molecule has 102 valence electrons. The first-order chi connectivity index (χ1) is 8.38. The lowest BCUT2D eigenvalue weighted by molar-refractivity contribution is -0.135. The Hall–Kier alpha value is -0.740. The first-order valence-corrected chi connectivity index (χ1v) is 6.29. The molecular weight excluding hydrogens is 263 g/mol. The van der Waals surface area contributed by atoms with E-state index in [4.69, 9.17) is 11.6 Å². The van der Waals surface area contributed by atoms with Crippen molar-refractivity contribution < 1.29 is 13.2 Å². The van der Waals surface area contributed by atoms with Crippen molar-refractivity contribution >= 4 is 11.6 Å². The van der Waals surface area contributed by atoms with E-state index in [2.05, 4.69) is 5.32 Å². The van der Waals surface area contributed by atoms with Gasteiger partial charge in [-0.25, -0.2) is 0 Å². The molecule has 1 nitrogen and oxygen atoms in total. The zero-order valence-corrected chi connectivity index (χ0v) is 11.0. The summed E-state index contributed by atoms with van der Waals surface area (Å²) in [4.78, 5) is 0. The van der Waals surface area contributed by atoms with Crippen molar-refractivity contribution in [2.75, 3.05) is 6.54 Å². The van der Waals surface area contributed by atoms with E-state index in [0.717, 1.165) is 11.1 Å². The quantitative estimate of drug-likeness (QED) is 0.758. The lowest BCUT2D eigenvalue weighted by Gasteiger charge is -2.08. The van der Waals surface area contributed by atoms with Gasteiger partial charge in [-0.05, 0) is 43.5 Å². The molecule has 0 saturated carbocycles. The van der Waals surface area contributed by atoms with Crippen molar-refractivity contribution in [1.82, 2.24) is 5.32 Å². The van der Waals surface area contributed by atoms with Gasteiger partial charge in [-0.1, -0.05) is 23.7 Å². The Morgan fingerprint density at radius 2 is 1.94 bits per heavy atom. The molecule has 0 bridgehead atoms. The topological polar surface area (TPSA) is 12.0 Å². The minimum atomic E-state index is -4.04. The summed E-state index contributed by atoms with van der Waals surface area (Å²) in [6, 6.07) is 5.77. The highest BCUT2D eigenvalue weighted by molar-refractivity contribution is 6.31. The van der Waals surface area contributed by atoms with Crippen LogP contribution >= 0.6 is 11.6 Å². The molecule has 0 fully saturated rings. The molecule has 0 radical (unpaired) electrons. The first-order valence-electron chi connectivity index (χ1n) is 5.91. The van der Waals surface area contributed by atoms with Crippen molar-refractivity contribution in [2.24, 2.45) is 0 Å². The Labute approximate surface area is 110 Å². The van der Waals surface area contributed by atoms with Gasteiger partial charge in [-0.15, -0.1) is 0 Å². The van der Waals surface area contributed by atoms with Crippen LogP contribution in [0.25, 0.3) is 0 Å². The Bertz CT molecular complexity index is 377. The van der Waals surface area contributed by atoms with Gasteiger partial charge in [0, 0.05) is 18.0 Å². The molecule has 1 aromatic carbocycles. The molecule has 18 heavy (non-hydrogen) atoms. The third-order valence-electron chi connectivity index (χ3n) is 2.63. The van der Waals surface area contributed by atoms with Gasteiger partial charge in [0.15, 0.2) is 0 Å². The number of unbranched alkanes of at least 4 members (excludes halogenated alkanes) is 1. The maximum atomic E-state index is 11.9. The van der Waals surface area contributed by atoms with Crippen LogP contribution in [0.5, 0.6) is 0 Å². The second-order valence-electron chi connectivity index (χ2n) is 4.33. The lowest BCUT2D eigenvalue weighted by atomic mass is 10.1. The molecule has 0 spiro atoms. The zero-order chi connectivity index (χ0) is 13.6. The molecule has 0 amide bonds. The van der Waals surface area contributed by atoms with E-state index in [9.17, 15) is 13.2 Å². The highest BCUT2D eigenvalue weighted by Gasteiger charge is 2.25. The standard InChI is InChI=1S/C13H17ClF3N/c1-10-4-5-11(8-12(10)14)9-18-7-3-2-6-13(15,16)17/h4-5,8,18H,2-3,6-7,9H2,1H3. The molecule has 0 aromatic heterocycles. The average Bonchev–Trinajstić information content (AvgIpc) is 2.26. The van der Waals surface area contributed by atoms with Gasteiger partial charge in [0.05, 0.1) is 0 Å². The third-order valence-corrected chi connectivity index (χ3v) is 3.04. The van der Waals surface area contributed by atoms with Crippen molar-refractivity contribution in [1.29, 1.82) is 0 Å². The molecule has 0 saturated heterocycles. The molecular formula is C13H17ClF3N. The molecule has 1 aromatic rings. The van der Waals surface area contributed by atoms with Crippen LogP contribution in [0.2, 0.25) is 5.02 Å². The van der Waals surface area contributed by atoms with Crippen molar-refractivity contribution in [2.45, 2.75) is 38.9 Å². The van der Waals surface area contributed by atoms with E-state index in [1.165, 1.54) is 0 Å². The number of halogens is 4. The van der Waals surface area contributed by atoms with Gasteiger partial charge < -0.3 is 5.32 Å². The highest BCUT2D eigenvalue weighted by atomic mass is 35.5. The molecule has 0 heterocycles. The molecule has 0 unspecified atom stereocenters. The number of hydrogen-bond donors (Lipinski definition) is 1. The molecule has 0 aliphatic rings. The van der Waals surface area contributed by atoms with E-state index >= 15 is 0 Å². The first kappa shape index (κ1) is 15.3. The summed E-state index contributed by atoms with van der Waals surface area (Å²) in [6.07, 6.45) is -4.04. The summed E-state index contributed by atoms with van der Waals surface area (Å²) in [5.41, 5.74) is 2.06. The third kappa shape index (κ3) is 6.26. The van der Waals surface area contributed by atoms with E-state index in [0.29, 0.717) is 24.5 Å². The average molecular weight is 280 g/mol. The molecule has 1 N–H and O–H groups in total. The summed E-state index contributed by atoms with van der Waals surface area (Å²) >= 11 is 5.97. The molecule has 0 aliphatic heterocycles. The largest absolute Gasteiger partial charge is 0.389 e. The Balaban J connectivity index is 2.16. The van der Waals surface area contributed by atoms with Crippen LogP contribution in [-0.2, 0) is 6.54 Å². The van der Waals surface area contributed by atoms with Crippen LogP contribution in [0.15, 0.2) is 18.2 Å². The summed E-state index contributed by atoms with van der Waals surface area (Å²) in [7, 11) is 0. The smallest absolute Gasteiger partial charge is 0.313 e. The van der Waals surface area contributed by atoms with E-state index < -0.39 is 12.6 Å². The van der Waals surface area contributed by atoms with Crippen LogP contribution in [0.3, 0.4) is 0 Å². The van der Waals surface area contributed by atoms with Gasteiger partial charge >= 0.3 is 6.18 Å². The monoisotopic (exact) mass is 279 g/mol. The van der Waals surface area contributed by atoms with Crippen LogP contribution in [0, 0.1) is 6.92 Å². The maximum absolute atomic E-state index is 11.9. The highest BCUT2D eigenvalue weighted by Crippen LogP contribution is 2.22. The Morgan fingerprint density at radius 3 is 2.56 bits per heavy atom. The Kier molecular flexibility index (Phi) is 5.96. The van der Waals surface area contributed by atoms with Crippen LogP contribution in [0.4, 0.5) is 13.2 Å². The van der Waals surface area contributed by atoms with Gasteiger partial charge in [-0.3, -0.25) is 0 Å². The predicted molar refractivity (Wildman–Crippen MR) is 67.8 cm³/mol. The van der Waals surface area contributed by atoms with Crippen molar-refractivity contribution in [3.8, 4) is 0 Å². The fourth-order valence-corrected chi connectivity index (χ4v) is 1.76. The van der Waals surface area contributed by atoms with Gasteiger partial charge in [-0.2, -0.15) is 13.2 Å². The van der Waals surface area contributed by atoms with Crippen LogP contribution < -0.4 is 5.32 Å². The number of nitrogens with one attached hydrogen (secondary N) is 1. The number of benzene rings is 1. The fraction of sp³-hybridized carbons (Fsp3) is 0.538. The lowest BCUT2D eigenvalue weighted by Crippen LogP contribution is -2.16. The van der Waals surface area contributed by atoms with Crippen molar-refractivity contribution in [3.05, 3.63) is 34.3 Å². The number of aryl methyl sites for hydroxylation is 1. The normalized spacial score (nSPS) is 11.8. The van der Waals surface area contributed by atoms with Crippen molar-refractivity contribution in [3.63, 3.8) is 0 Å². The number of rotatable bonds is 6. The summed E-state index contributed by atoms with van der Waals surface area (Å²) in [5.74, 6) is 0. The number of alkyl halides is 3. The van der Waals surface area contributed by atoms with E-state index in [1.54, 1.807) is 0 Å². The fourth-order valence-electron chi connectivity index (χ4n) is 1.55. The minimum Gasteiger partial charge on any atom is -0.313 e. The number of hydrogen-bond acceptors (Lipinski definition) is 1. The zero-order valence-electron chi connectivity index (χ0n) is 10.3. The van der Waals surface area contributed by atoms with E-state index in [-0.39, 0.29) is 6.42 Å². The summed E-state index contributed by atoms with van der Waals surface area (Å²) < 4.78 is 35.6. The van der Waals surface area contributed by atoms with Gasteiger partial charge in [0.1, 0.15) is 0 Å². The molecule has 0 aliphatic carbocycles. The molecule has 0 atom stereocenters. The van der Waals surface area contributed by atoms with Crippen LogP contribution in [0.1, 0.15) is 30.4 Å². The van der Waals surface area contributed by atoms with Crippen LogP contribution in [-0.4, -0.2) is 12.7 Å². The maximum Gasteiger partial charge on any atom is 0.389 e. The Morgan fingerprint density at radius 1 is 1.22 bits per heavy atom. The van der Waals surface area contributed by atoms with E-state index in [1.807, 2.05) is 25.1 Å². The second kappa shape index (κ2) is 7.00. The molecule has 5 heteroatoms. The molecule has 1 rings (SSSR count). The summed E-state index contributed by atoms with van der Waals surface area (Å²) in [5, 5.41) is 3.82. The minimum absolute atomic E-state index is 0.172. The predicted octanol–water partition coefficient (Wildman–Crippen LogP) is 4.47. The SMILES string of the molecule is Cc1ccc(CNCCCCC(F)(F)F)cc1Cl. The van der Waals surface area contributed by atoms with Gasteiger partial charge in [0.25, 0.3) is 0 Å². The van der Waals surface area contributed by atoms with Gasteiger partial charge in [0.2, 0.25) is 0 Å². The second-order valence-corrected chi connectivity index (χ2v) is 4.74.